The molecule has 0 unspecified atom stereocenters. The second kappa shape index (κ2) is 6.17. The minimum atomic E-state index is -1.05. The molecule has 0 saturated heterocycles. The van der Waals surface area contributed by atoms with Gasteiger partial charge in [0, 0.05) is 32.4 Å². The van der Waals surface area contributed by atoms with Gasteiger partial charge in [-0.15, -0.1) is 0 Å². The lowest BCUT2D eigenvalue weighted by atomic mass is 10.2. The number of carboxylic acid groups (broad SMARTS) is 1. The number of carbonyl (C=O) groups is 2. The number of carboxylic acids is 1. The third-order valence-corrected chi connectivity index (χ3v) is 3.10. The Labute approximate surface area is 121 Å². The van der Waals surface area contributed by atoms with E-state index in [1.54, 1.807) is 13.1 Å². The summed E-state index contributed by atoms with van der Waals surface area (Å²) in [6, 6.07) is 2.80. The van der Waals surface area contributed by atoms with E-state index in [1.165, 1.54) is 12.1 Å². The molecule has 0 bridgehead atoms. The van der Waals surface area contributed by atoms with Crippen LogP contribution >= 0.6 is 0 Å². The van der Waals surface area contributed by atoms with Gasteiger partial charge in [-0.2, -0.15) is 0 Å². The van der Waals surface area contributed by atoms with Crippen molar-refractivity contribution in [1.82, 2.24) is 19.9 Å². The number of aryl methyl sites for hydroxylation is 2. The number of hydrogen-bond donors (Lipinski definition) is 2. The largest absolute Gasteiger partial charge is 0.478 e. The van der Waals surface area contributed by atoms with Crippen molar-refractivity contribution >= 4 is 11.9 Å². The molecule has 2 aromatic rings. The first-order valence-corrected chi connectivity index (χ1v) is 6.44. The standard InChI is InChI=1S/C14H16N4O3/c1-9-10(14(20)21)3-4-11(17-9)13(19)16-6-5-12-15-7-8-18(12)2/h3-4,7-8H,5-6H2,1-2H3,(H,16,19)(H,20,21). The highest BCUT2D eigenvalue weighted by molar-refractivity contribution is 5.94. The predicted molar refractivity (Wildman–Crippen MR) is 75.2 cm³/mol. The van der Waals surface area contributed by atoms with E-state index in [0.717, 1.165) is 5.82 Å². The number of nitrogens with zero attached hydrogens (tertiary/aromatic N) is 3. The van der Waals surface area contributed by atoms with Gasteiger partial charge in [0.15, 0.2) is 0 Å². The second-order valence-corrected chi connectivity index (χ2v) is 4.59. The first-order chi connectivity index (χ1) is 9.99. The van der Waals surface area contributed by atoms with Crippen LogP contribution in [0.25, 0.3) is 0 Å². The van der Waals surface area contributed by atoms with Gasteiger partial charge in [0.25, 0.3) is 5.91 Å². The van der Waals surface area contributed by atoms with E-state index in [-0.39, 0.29) is 17.2 Å². The minimum Gasteiger partial charge on any atom is -0.478 e. The first kappa shape index (κ1) is 14.7. The van der Waals surface area contributed by atoms with E-state index in [0.29, 0.717) is 18.7 Å². The third kappa shape index (κ3) is 3.44. The van der Waals surface area contributed by atoms with E-state index in [2.05, 4.69) is 15.3 Å². The molecule has 7 heteroatoms. The molecule has 110 valence electrons. The molecular formula is C14H16N4O3. The Morgan fingerprint density at radius 1 is 1.38 bits per heavy atom. The number of amides is 1. The molecule has 0 radical (unpaired) electrons. The molecule has 2 aromatic heterocycles. The van der Waals surface area contributed by atoms with Crippen LogP contribution in [0.3, 0.4) is 0 Å². The highest BCUT2D eigenvalue weighted by Crippen LogP contribution is 2.07. The number of rotatable bonds is 5. The fraction of sp³-hybridized carbons (Fsp3) is 0.286. The van der Waals surface area contributed by atoms with Crippen LogP contribution in [0.15, 0.2) is 24.5 Å². The molecular weight excluding hydrogens is 272 g/mol. The van der Waals surface area contributed by atoms with Crippen LogP contribution in [-0.2, 0) is 13.5 Å². The fourth-order valence-corrected chi connectivity index (χ4v) is 1.93. The van der Waals surface area contributed by atoms with Crippen molar-refractivity contribution < 1.29 is 14.7 Å². The Morgan fingerprint density at radius 2 is 2.14 bits per heavy atom. The van der Waals surface area contributed by atoms with Gasteiger partial charge in [-0.3, -0.25) is 4.79 Å². The summed E-state index contributed by atoms with van der Waals surface area (Å²) in [6.45, 7) is 2.00. The van der Waals surface area contributed by atoms with Gasteiger partial charge in [-0.05, 0) is 19.1 Å². The molecule has 0 fully saturated rings. The predicted octanol–water partition coefficient (Wildman–Crippen LogP) is 0.794. The van der Waals surface area contributed by atoms with Crippen LogP contribution in [0.5, 0.6) is 0 Å². The van der Waals surface area contributed by atoms with Gasteiger partial charge in [0.1, 0.15) is 11.5 Å². The van der Waals surface area contributed by atoms with Crippen LogP contribution in [-0.4, -0.2) is 38.1 Å². The molecule has 0 saturated carbocycles. The number of nitrogens with one attached hydrogen (secondary N) is 1. The molecule has 0 aliphatic carbocycles. The van der Waals surface area contributed by atoms with Gasteiger partial charge in [0.2, 0.25) is 0 Å². The summed E-state index contributed by atoms with van der Waals surface area (Å²) in [6.07, 6.45) is 4.15. The number of aromatic nitrogens is 3. The maximum absolute atomic E-state index is 11.9. The Balaban J connectivity index is 1.96. The summed E-state index contributed by atoms with van der Waals surface area (Å²) in [7, 11) is 1.89. The summed E-state index contributed by atoms with van der Waals surface area (Å²) in [5, 5.41) is 11.7. The Hall–Kier alpha value is -2.70. The zero-order valence-electron chi connectivity index (χ0n) is 11.8. The summed E-state index contributed by atoms with van der Waals surface area (Å²) in [5.41, 5.74) is 0.621. The lowest BCUT2D eigenvalue weighted by Crippen LogP contribution is -2.27. The fourth-order valence-electron chi connectivity index (χ4n) is 1.93. The van der Waals surface area contributed by atoms with E-state index < -0.39 is 5.97 Å². The highest BCUT2D eigenvalue weighted by Gasteiger charge is 2.12. The maximum Gasteiger partial charge on any atom is 0.337 e. The molecule has 2 rings (SSSR count). The van der Waals surface area contributed by atoms with E-state index in [4.69, 9.17) is 5.11 Å². The number of aromatic carboxylic acids is 1. The van der Waals surface area contributed by atoms with Crippen molar-refractivity contribution in [1.29, 1.82) is 0 Å². The average molecular weight is 288 g/mol. The summed E-state index contributed by atoms with van der Waals surface area (Å²) < 4.78 is 1.89. The highest BCUT2D eigenvalue weighted by atomic mass is 16.4. The zero-order chi connectivity index (χ0) is 15.4. The molecule has 2 N–H and O–H groups in total. The van der Waals surface area contributed by atoms with Crippen LogP contribution in [0, 0.1) is 6.92 Å². The summed E-state index contributed by atoms with van der Waals surface area (Å²) >= 11 is 0. The zero-order valence-corrected chi connectivity index (χ0v) is 11.8. The van der Waals surface area contributed by atoms with Gasteiger partial charge in [-0.25, -0.2) is 14.8 Å². The van der Waals surface area contributed by atoms with E-state index in [1.807, 2.05) is 17.8 Å². The van der Waals surface area contributed by atoms with Crippen molar-refractivity contribution in [2.75, 3.05) is 6.54 Å². The normalized spacial score (nSPS) is 10.4. The van der Waals surface area contributed by atoms with Crippen molar-refractivity contribution in [3.05, 3.63) is 47.3 Å². The van der Waals surface area contributed by atoms with Crippen molar-refractivity contribution in [3.63, 3.8) is 0 Å². The quantitative estimate of drug-likeness (QED) is 0.848. The maximum atomic E-state index is 11.9. The molecule has 0 aromatic carbocycles. The number of hydrogen-bond acceptors (Lipinski definition) is 4. The molecule has 7 nitrogen and oxygen atoms in total. The molecule has 0 atom stereocenters. The molecule has 0 spiro atoms. The van der Waals surface area contributed by atoms with Crippen molar-refractivity contribution in [3.8, 4) is 0 Å². The Kier molecular flexibility index (Phi) is 4.32. The molecule has 0 aliphatic heterocycles. The SMILES string of the molecule is Cc1nc(C(=O)NCCc2nccn2C)ccc1C(=O)O. The minimum absolute atomic E-state index is 0.0968. The molecule has 21 heavy (non-hydrogen) atoms. The lowest BCUT2D eigenvalue weighted by molar-refractivity contribution is 0.0694. The van der Waals surface area contributed by atoms with Crippen LogP contribution in [0.1, 0.15) is 32.4 Å². The monoisotopic (exact) mass is 288 g/mol. The third-order valence-electron chi connectivity index (χ3n) is 3.10. The summed E-state index contributed by atoms with van der Waals surface area (Å²) in [5.74, 6) is -0.508. The van der Waals surface area contributed by atoms with E-state index in [9.17, 15) is 9.59 Å². The van der Waals surface area contributed by atoms with Crippen molar-refractivity contribution in [2.24, 2.45) is 7.05 Å². The van der Waals surface area contributed by atoms with E-state index >= 15 is 0 Å². The number of carbonyl (C=O) groups excluding carboxylic acids is 1. The lowest BCUT2D eigenvalue weighted by Gasteiger charge is -2.06. The van der Waals surface area contributed by atoms with Crippen LogP contribution in [0.2, 0.25) is 0 Å². The van der Waals surface area contributed by atoms with Gasteiger partial charge < -0.3 is 15.0 Å². The first-order valence-electron chi connectivity index (χ1n) is 6.44. The topological polar surface area (TPSA) is 97.1 Å². The molecule has 0 aliphatic rings. The average Bonchev–Trinajstić information content (AvgIpc) is 2.83. The van der Waals surface area contributed by atoms with Crippen LogP contribution < -0.4 is 5.32 Å². The van der Waals surface area contributed by atoms with Crippen molar-refractivity contribution in [2.45, 2.75) is 13.3 Å². The summed E-state index contributed by atoms with van der Waals surface area (Å²) in [4.78, 5) is 31.0. The number of imidazole rings is 1. The second-order valence-electron chi connectivity index (χ2n) is 4.59. The van der Waals surface area contributed by atoms with Gasteiger partial charge >= 0.3 is 5.97 Å². The smallest absolute Gasteiger partial charge is 0.337 e. The van der Waals surface area contributed by atoms with Gasteiger partial charge in [-0.1, -0.05) is 0 Å². The Morgan fingerprint density at radius 3 is 2.71 bits per heavy atom. The molecule has 1 amide bonds. The van der Waals surface area contributed by atoms with Gasteiger partial charge in [0.05, 0.1) is 11.3 Å². The molecule has 2 heterocycles. The Bertz CT molecular complexity index is 679. The number of pyridine rings is 1. The van der Waals surface area contributed by atoms with Crippen LogP contribution in [0.4, 0.5) is 0 Å².